The first kappa shape index (κ1) is 16.8. The summed E-state index contributed by atoms with van der Waals surface area (Å²) in [5.41, 5.74) is 0.822. The summed E-state index contributed by atoms with van der Waals surface area (Å²) in [5.74, 6) is -0.145. The van der Waals surface area contributed by atoms with Gasteiger partial charge in [-0.15, -0.1) is 0 Å². The van der Waals surface area contributed by atoms with E-state index in [0.29, 0.717) is 33.4 Å². The van der Waals surface area contributed by atoms with E-state index in [9.17, 15) is 15.0 Å². The van der Waals surface area contributed by atoms with Gasteiger partial charge in [-0.2, -0.15) is 0 Å². The number of phenols is 2. The van der Waals surface area contributed by atoms with E-state index in [1.807, 2.05) is 0 Å². The van der Waals surface area contributed by atoms with Crippen molar-refractivity contribution < 1.29 is 28.9 Å². The lowest BCUT2D eigenvalue weighted by molar-refractivity contribution is 0.103. The van der Waals surface area contributed by atoms with Crippen molar-refractivity contribution in [2.75, 3.05) is 14.2 Å². The Balaban J connectivity index is 1.94. The van der Waals surface area contributed by atoms with Gasteiger partial charge in [-0.25, -0.2) is 0 Å². The molecule has 0 saturated carbocycles. The molecule has 6 heteroatoms. The number of carbonyl (C=O) groups excluding carboxylic acids is 1. The van der Waals surface area contributed by atoms with Crippen molar-refractivity contribution in [2.24, 2.45) is 0 Å². The van der Waals surface area contributed by atoms with Crippen molar-refractivity contribution in [3.63, 3.8) is 0 Å². The van der Waals surface area contributed by atoms with E-state index < -0.39 is 0 Å². The predicted octanol–water partition coefficient (Wildman–Crippen LogP) is 4.25. The molecule has 0 aliphatic rings. The molecule has 136 valence electrons. The smallest absolute Gasteiger partial charge is 0.197 e. The summed E-state index contributed by atoms with van der Waals surface area (Å²) >= 11 is 0. The number of ketones is 1. The second kappa shape index (κ2) is 6.25. The van der Waals surface area contributed by atoms with E-state index in [1.54, 1.807) is 42.5 Å². The maximum atomic E-state index is 13.0. The van der Waals surface area contributed by atoms with Crippen molar-refractivity contribution in [2.45, 2.75) is 0 Å². The Bertz CT molecular complexity index is 1190. The van der Waals surface area contributed by atoms with Gasteiger partial charge in [0, 0.05) is 16.3 Å². The van der Waals surface area contributed by atoms with Crippen LogP contribution in [0.25, 0.3) is 21.7 Å². The largest absolute Gasteiger partial charge is 0.504 e. The summed E-state index contributed by atoms with van der Waals surface area (Å²) in [6.07, 6.45) is 1.29. The van der Waals surface area contributed by atoms with Crippen LogP contribution in [0, 0.1) is 0 Å². The van der Waals surface area contributed by atoms with Crippen molar-refractivity contribution in [1.29, 1.82) is 0 Å². The zero-order valence-electron chi connectivity index (χ0n) is 14.6. The Morgan fingerprint density at radius 3 is 2.33 bits per heavy atom. The third kappa shape index (κ3) is 2.45. The molecule has 6 nitrogen and oxygen atoms in total. The van der Waals surface area contributed by atoms with Gasteiger partial charge in [0.1, 0.15) is 11.8 Å². The second-order valence-electron chi connectivity index (χ2n) is 6.00. The zero-order chi connectivity index (χ0) is 19.1. The molecule has 1 aromatic heterocycles. The number of furan rings is 1. The Labute approximate surface area is 154 Å². The Morgan fingerprint density at radius 2 is 1.63 bits per heavy atom. The van der Waals surface area contributed by atoms with Gasteiger partial charge in [0.05, 0.1) is 25.2 Å². The highest BCUT2D eigenvalue weighted by atomic mass is 16.5. The molecule has 1 heterocycles. The second-order valence-corrected chi connectivity index (χ2v) is 6.00. The van der Waals surface area contributed by atoms with Gasteiger partial charge in [-0.05, 0) is 18.2 Å². The van der Waals surface area contributed by atoms with Crippen LogP contribution in [0.15, 0.2) is 53.1 Å². The molecule has 0 atom stereocenters. The molecule has 0 amide bonds. The van der Waals surface area contributed by atoms with Crippen LogP contribution in [0.5, 0.6) is 23.0 Å². The zero-order valence-corrected chi connectivity index (χ0v) is 14.6. The van der Waals surface area contributed by atoms with Crippen molar-refractivity contribution in [3.05, 3.63) is 59.9 Å². The average Bonchev–Trinajstić information content (AvgIpc) is 3.16. The lowest BCUT2D eigenvalue weighted by Gasteiger charge is -2.09. The molecule has 3 aromatic carbocycles. The highest BCUT2D eigenvalue weighted by Crippen LogP contribution is 2.44. The highest BCUT2D eigenvalue weighted by Gasteiger charge is 2.24. The van der Waals surface area contributed by atoms with Crippen molar-refractivity contribution >= 4 is 27.5 Å². The fourth-order valence-electron chi connectivity index (χ4n) is 3.22. The Morgan fingerprint density at radius 1 is 0.926 bits per heavy atom. The fourth-order valence-corrected chi connectivity index (χ4v) is 3.22. The Kier molecular flexibility index (Phi) is 3.88. The maximum Gasteiger partial charge on any atom is 0.197 e. The molecule has 0 bridgehead atoms. The molecule has 4 aromatic rings. The average molecular weight is 364 g/mol. The van der Waals surface area contributed by atoms with E-state index in [-0.39, 0.29) is 28.2 Å². The van der Waals surface area contributed by atoms with E-state index in [4.69, 9.17) is 13.9 Å². The minimum Gasteiger partial charge on any atom is -0.504 e. The fraction of sp³-hybridized carbons (Fsp3) is 0.0952. The normalized spacial score (nSPS) is 11.0. The monoisotopic (exact) mass is 364 g/mol. The van der Waals surface area contributed by atoms with Gasteiger partial charge >= 0.3 is 0 Å². The number of benzene rings is 3. The van der Waals surface area contributed by atoms with Gasteiger partial charge < -0.3 is 24.1 Å². The third-order valence-electron chi connectivity index (χ3n) is 4.57. The lowest BCUT2D eigenvalue weighted by atomic mass is 9.98. The van der Waals surface area contributed by atoms with E-state index in [2.05, 4.69) is 0 Å². The molecule has 4 rings (SSSR count). The first-order chi connectivity index (χ1) is 13.1. The van der Waals surface area contributed by atoms with Crippen molar-refractivity contribution in [1.82, 2.24) is 0 Å². The number of carbonyl (C=O) groups is 1. The quantitative estimate of drug-likeness (QED) is 0.416. The summed E-state index contributed by atoms with van der Waals surface area (Å²) in [6, 6.07) is 11.7. The van der Waals surface area contributed by atoms with Crippen LogP contribution in [0.2, 0.25) is 0 Å². The number of fused-ring (bicyclic) bond motifs is 3. The standard InChI is InChI=1S/C21H16O6/c1-25-15-8-7-11(9-16(15)26-2)18(22)14-10-27-21-13-6-4-3-5-12(13)19(23)20(24)17(14)21/h3-10,23-24H,1-2H3. The molecule has 0 aliphatic heterocycles. The minimum absolute atomic E-state index is 0.149. The number of aromatic hydroxyl groups is 2. The van der Waals surface area contributed by atoms with Gasteiger partial charge in [-0.3, -0.25) is 4.79 Å². The Hall–Kier alpha value is -3.67. The first-order valence-electron chi connectivity index (χ1n) is 8.17. The molecule has 0 aliphatic carbocycles. The summed E-state index contributed by atoms with van der Waals surface area (Å²) in [7, 11) is 2.99. The summed E-state index contributed by atoms with van der Waals surface area (Å²) < 4.78 is 16.0. The molecule has 0 unspecified atom stereocenters. The summed E-state index contributed by atoms with van der Waals surface area (Å²) in [6.45, 7) is 0. The number of ether oxygens (including phenoxy) is 2. The van der Waals surface area contributed by atoms with Gasteiger partial charge in [0.25, 0.3) is 0 Å². The van der Waals surface area contributed by atoms with Gasteiger partial charge in [0.15, 0.2) is 28.8 Å². The van der Waals surface area contributed by atoms with Crippen LogP contribution in [-0.2, 0) is 0 Å². The van der Waals surface area contributed by atoms with Crippen LogP contribution in [0.4, 0.5) is 0 Å². The number of rotatable bonds is 4. The van der Waals surface area contributed by atoms with Gasteiger partial charge in [-0.1, -0.05) is 24.3 Å². The molecule has 0 spiro atoms. The van der Waals surface area contributed by atoms with E-state index in [0.717, 1.165) is 0 Å². The molecular weight excluding hydrogens is 348 g/mol. The molecule has 2 N–H and O–H groups in total. The van der Waals surface area contributed by atoms with Crippen LogP contribution in [0.3, 0.4) is 0 Å². The molecule has 0 saturated heterocycles. The number of methoxy groups -OCH3 is 2. The molecule has 0 radical (unpaired) electrons. The highest BCUT2D eigenvalue weighted by molar-refractivity contribution is 6.22. The predicted molar refractivity (Wildman–Crippen MR) is 100 cm³/mol. The SMILES string of the molecule is COc1ccc(C(=O)c2coc3c2c(O)c(O)c2ccccc23)cc1OC. The van der Waals surface area contributed by atoms with Gasteiger partial charge in [0.2, 0.25) is 0 Å². The van der Waals surface area contributed by atoms with Crippen LogP contribution in [-0.4, -0.2) is 30.2 Å². The van der Waals surface area contributed by atoms with Crippen LogP contribution >= 0.6 is 0 Å². The number of hydrogen-bond acceptors (Lipinski definition) is 6. The molecular formula is C21H16O6. The third-order valence-corrected chi connectivity index (χ3v) is 4.57. The topological polar surface area (TPSA) is 89.1 Å². The lowest BCUT2D eigenvalue weighted by Crippen LogP contribution is -2.02. The minimum atomic E-state index is -0.388. The molecule has 0 fully saturated rings. The van der Waals surface area contributed by atoms with Crippen LogP contribution in [0.1, 0.15) is 15.9 Å². The maximum absolute atomic E-state index is 13.0. The number of hydrogen-bond donors (Lipinski definition) is 2. The first-order valence-corrected chi connectivity index (χ1v) is 8.17. The van der Waals surface area contributed by atoms with Crippen LogP contribution < -0.4 is 9.47 Å². The summed E-state index contributed by atoms with van der Waals surface area (Å²) in [4.78, 5) is 13.0. The summed E-state index contributed by atoms with van der Waals surface area (Å²) in [5, 5.41) is 22.1. The van der Waals surface area contributed by atoms with Crippen molar-refractivity contribution in [3.8, 4) is 23.0 Å². The van der Waals surface area contributed by atoms with E-state index >= 15 is 0 Å². The number of phenolic OH excluding ortho intramolecular Hbond substituents is 2. The molecule has 27 heavy (non-hydrogen) atoms. The van der Waals surface area contributed by atoms with E-state index in [1.165, 1.54) is 20.5 Å².